The van der Waals surface area contributed by atoms with Crippen molar-refractivity contribution in [3.05, 3.63) is 0 Å². The van der Waals surface area contributed by atoms with E-state index in [-0.39, 0.29) is 5.60 Å². The van der Waals surface area contributed by atoms with Crippen LogP contribution in [0.15, 0.2) is 0 Å². The number of nitrogens with one attached hydrogen (secondary N) is 1. The van der Waals surface area contributed by atoms with Gasteiger partial charge in [-0.15, -0.1) is 0 Å². The SMILES string of the molecule is CCOC1CC(NCC(C)(C)OCC)C12CCCCC2. The number of ether oxygens (including phenoxy) is 2. The van der Waals surface area contributed by atoms with E-state index in [1.165, 1.54) is 38.5 Å². The van der Waals surface area contributed by atoms with Gasteiger partial charge < -0.3 is 14.8 Å². The Morgan fingerprint density at radius 1 is 1.10 bits per heavy atom. The smallest absolute Gasteiger partial charge is 0.0750 e. The highest BCUT2D eigenvalue weighted by atomic mass is 16.5. The third-order valence-electron chi connectivity index (χ3n) is 5.25. The zero-order chi connectivity index (χ0) is 14.6. The van der Waals surface area contributed by atoms with Crippen LogP contribution in [0.25, 0.3) is 0 Å². The normalized spacial score (nSPS) is 29.4. The van der Waals surface area contributed by atoms with Gasteiger partial charge in [0.25, 0.3) is 0 Å². The van der Waals surface area contributed by atoms with Crippen LogP contribution in [0.3, 0.4) is 0 Å². The van der Waals surface area contributed by atoms with Gasteiger partial charge in [0.2, 0.25) is 0 Å². The molecule has 2 saturated carbocycles. The fourth-order valence-electron chi connectivity index (χ4n) is 4.16. The summed E-state index contributed by atoms with van der Waals surface area (Å²) in [4.78, 5) is 0. The molecule has 1 spiro atoms. The molecule has 0 aromatic heterocycles. The molecule has 2 atom stereocenters. The van der Waals surface area contributed by atoms with Crippen molar-refractivity contribution in [2.24, 2.45) is 5.41 Å². The molecule has 0 radical (unpaired) electrons. The van der Waals surface area contributed by atoms with Crippen molar-refractivity contribution in [3.8, 4) is 0 Å². The van der Waals surface area contributed by atoms with Gasteiger partial charge in [-0.3, -0.25) is 0 Å². The van der Waals surface area contributed by atoms with Crippen LogP contribution in [-0.2, 0) is 9.47 Å². The van der Waals surface area contributed by atoms with Crippen molar-refractivity contribution in [1.29, 1.82) is 0 Å². The zero-order valence-corrected chi connectivity index (χ0v) is 13.8. The highest BCUT2D eigenvalue weighted by Crippen LogP contribution is 2.53. The second-order valence-electron chi connectivity index (χ2n) is 7.10. The van der Waals surface area contributed by atoms with Crippen molar-refractivity contribution in [2.45, 2.75) is 84.0 Å². The quantitative estimate of drug-likeness (QED) is 0.775. The summed E-state index contributed by atoms with van der Waals surface area (Å²) in [5.74, 6) is 0. The van der Waals surface area contributed by atoms with E-state index < -0.39 is 0 Å². The molecule has 0 bridgehead atoms. The Labute approximate surface area is 124 Å². The number of hydrogen-bond donors (Lipinski definition) is 1. The summed E-state index contributed by atoms with van der Waals surface area (Å²) in [5.41, 5.74) is 0.345. The van der Waals surface area contributed by atoms with E-state index in [0.717, 1.165) is 19.8 Å². The predicted molar refractivity (Wildman–Crippen MR) is 83.0 cm³/mol. The monoisotopic (exact) mass is 283 g/mol. The third-order valence-corrected chi connectivity index (χ3v) is 5.25. The average Bonchev–Trinajstić information content (AvgIpc) is 2.42. The standard InChI is InChI=1S/C17H33NO2/c1-5-19-15-12-14(17(15)10-8-7-9-11-17)18-13-16(3,4)20-6-2/h14-15,18H,5-13H2,1-4H3. The van der Waals surface area contributed by atoms with Crippen LogP contribution in [0.2, 0.25) is 0 Å². The van der Waals surface area contributed by atoms with Gasteiger partial charge in [-0.05, 0) is 47.0 Å². The predicted octanol–water partition coefficient (Wildman–Crippen LogP) is 3.52. The Morgan fingerprint density at radius 3 is 2.40 bits per heavy atom. The number of rotatable bonds is 7. The fraction of sp³-hybridized carbons (Fsp3) is 1.00. The highest BCUT2D eigenvalue weighted by Gasteiger charge is 2.55. The molecule has 0 aliphatic heterocycles. The topological polar surface area (TPSA) is 30.5 Å². The van der Waals surface area contributed by atoms with Crippen LogP contribution in [0.4, 0.5) is 0 Å². The molecule has 0 amide bonds. The maximum atomic E-state index is 6.01. The first-order valence-electron chi connectivity index (χ1n) is 8.53. The van der Waals surface area contributed by atoms with Crippen LogP contribution >= 0.6 is 0 Å². The molecular weight excluding hydrogens is 250 g/mol. The van der Waals surface area contributed by atoms with E-state index in [1.54, 1.807) is 0 Å². The summed E-state index contributed by atoms with van der Waals surface area (Å²) in [6.07, 6.45) is 8.48. The van der Waals surface area contributed by atoms with E-state index in [0.29, 0.717) is 17.6 Å². The van der Waals surface area contributed by atoms with Crippen LogP contribution < -0.4 is 5.32 Å². The molecule has 2 fully saturated rings. The maximum Gasteiger partial charge on any atom is 0.0750 e. The van der Waals surface area contributed by atoms with Crippen LogP contribution in [-0.4, -0.2) is 37.5 Å². The summed E-state index contributed by atoms with van der Waals surface area (Å²) >= 11 is 0. The van der Waals surface area contributed by atoms with Gasteiger partial charge in [-0.2, -0.15) is 0 Å². The van der Waals surface area contributed by atoms with E-state index in [4.69, 9.17) is 9.47 Å². The average molecular weight is 283 g/mol. The Hall–Kier alpha value is -0.120. The Kier molecular flexibility index (Phi) is 5.49. The minimum Gasteiger partial charge on any atom is -0.378 e. The second-order valence-corrected chi connectivity index (χ2v) is 7.10. The van der Waals surface area contributed by atoms with Crippen molar-refractivity contribution < 1.29 is 9.47 Å². The molecule has 0 heterocycles. The summed E-state index contributed by atoms with van der Waals surface area (Å²) in [6.45, 7) is 11.1. The lowest BCUT2D eigenvalue weighted by molar-refractivity contribution is -0.153. The van der Waals surface area contributed by atoms with Gasteiger partial charge in [0, 0.05) is 31.2 Å². The lowest BCUT2D eigenvalue weighted by atomic mass is 9.55. The molecule has 0 saturated heterocycles. The van der Waals surface area contributed by atoms with Gasteiger partial charge in [0.15, 0.2) is 0 Å². The second kappa shape index (κ2) is 6.76. The Balaban J connectivity index is 1.91. The molecular formula is C17H33NO2. The van der Waals surface area contributed by atoms with Crippen molar-refractivity contribution in [3.63, 3.8) is 0 Å². The largest absolute Gasteiger partial charge is 0.378 e. The summed E-state index contributed by atoms with van der Waals surface area (Å²) in [7, 11) is 0. The molecule has 3 nitrogen and oxygen atoms in total. The lowest BCUT2D eigenvalue weighted by Gasteiger charge is -2.58. The minimum atomic E-state index is -0.0681. The Bertz CT molecular complexity index is 297. The third kappa shape index (κ3) is 3.37. The summed E-state index contributed by atoms with van der Waals surface area (Å²) < 4.78 is 11.8. The van der Waals surface area contributed by atoms with Gasteiger partial charge in [-0.1, -0.05) is 19.3 Å². The van der Waals surface area contributed by atoms with Crippen molar-refractivity contribution in [1.82, 2.24) is 5.32 Å². The molecule has 20 heavy (non-hydrogen) atoms. The Morgan fingerprint density at radius 2 is 1.80 bits per heavy atom. The van der Waals surface area contributed by atoms with Crippen LogP contribution in [0.5, 0.6) is 0 Å². The molecule has 118 valence electrons. The fourth-order valence-corrected chi connectivity index (χ4v) is 4.16. The van der Waals surface area contributed by atoms with E-state index in [1.807, 2.05) is 0 Å². The first-order valence-corrected chi connectivity index (χ1v) is 8.53. The summed E-state index contributed by atoms with van der Waals surface area (Å²) in [5, 5.41) is 3.79. The van der Waals surface area contributed by atoms with Gasteiger partial charge >= 0.3 is 0 Å². The van der Waals surface area contributed by atoms with Crippen molar-refractivity contribution in [2.75, 3.05) is 19.8 Å². The zero-order valence-electron chi connectivity index (χ0n) is 13.8. The van der Waals surface area contributed by atoms with Gasteiger partial charge in [0.05, 0.1) is 11.7 Å². The molecule has 2 aliphatic carbocycles. The van der Waals surface area contributed by atoms with E-state index in [2.05, 4.69) is 33.0 Å². The maximum absolute atomic E-state index is 6.01. The van der Waals surface area contributed by atoms with Crippen LogP contribution in [0.1, 0.15) is 66.2 Å². The lowest BCUT2D eigenvalue weighted by Crippen LogP contribution is -2.65. The molecule has 2 unspecified atom stereocenters. The first kappa shape index (κ1) is 16.3. The molecule has 1 N–H and O–H groups in total. The van der Waals surface area contributed by atoms with Crippen LogP contribution in [0, 0.1) is 5.41 Å². The highest BCUT2D eigenvalue weighted by molar-refractivity contribution is 5.09. The molecule has 0 aromatic carbocycles. The van der Waals surface area contributed by atoms with Gasteiger partial charge in [-0.25, -0.2) is 0 Å². The number of hydrogen-bond acceptors (Lipinski definition) is 3. The molecule has 2 rings (SSSR count). The molecule has 0 aromatic rings. The summed E-state index contributed by atoms with van der Waals surface area (Å²) in [6, 6.07) is 0.624. The van der Waals surface area contributed by atoms with Crippen molar-refractivity contribution >= 4 is 0 Å². The first-order chi connectivity index (χ1) is 9.54. The van der Waals surface area contributed by atoms with E-state index in [9.17, 15) is 0 Å². The molecule has 3 heteroatoms. The minimum absolute atomic E-state index is 0.0681. The van der Waals surface area contributed by atoms with Gasteiger partial charge in [0.1, 0.15) is 0 Å². The molecule has 2 aliphatic rings. The van der Waals surface area contributed by atoms with E-state index >= 15 is 0 Å².